The molecule has 0 aromatic heterocycles. The Kier molecular flexibility index (Phi) is 3.29. The quantitative estimate of drug-likeness (QED) is 0.834. The number of amides is 1. The zero-order valence-corrected chi connectivity index (χ0v) is 10.8. The van der Waals surface area contributed by atoms with Gasteiger partial charge in [-0.1, -0.05) is 0 Å². The number of halogens is 3. The van der Waals surface area contributed by atoms with E-state index in [4.69, 9.17) is 0 Å². The molecule has 2 aromatic carbocycles. The Morgan fingerprint density at radius 1 is 1.14 bits per heavy atom. The van der Waals surface area contributed by atoms with Gasteiger partial charge < -0.3 is 10.6 Å². The van der Waals surface area contributed by atoms with Crippen LogP contribution in [0.2, 0.25) is 0 Å². The lowest BCUT2D eigenvalue weighted by atomic mass is 10.1. The molecule has 0 bridgehead atoms. The fourth-order valence-corrected chi connectivity index (χ4v) is 2.29. The van der Waals surface area contributed by atoms with Gasteiger partial charge in [0.2, 0.25) is 0 Å². The van der Waals surface area contributed by atoms with Crippen LogP contribution in [0.25, 0.3) is 0 Å². The molecule has 0 unspecified atom stereocenters. The van der Waals surface area contributed by atoms with Crippen LogP contribution in [0, 0.1) is 17.5 Å². The van der Waals surface area contributed by atoms with E-state index in [1.54, 1.807) is 18.2 Å². The lowest BCUT2D eigenvalue weighted by Gasteiger charge is -2.08. The summed E-state index contributed by atoms with van der Waals surface area (Å²) in [6.07, 6.45) is 0.791. The molecule has 1 amide bonds. The fraction of sp³-hybridized carbons (Fsp3) is 0.133. The number of benzene rings is 2. The van der Waals surface area contributed by atoms with Crippen molar-refractivity contribution < 1.29 is 18.0 Å². The van der Waals surface area contributed by atoms with E-state index in [2.05, 4.69) is 10.6 Å². The number of fused-ring (bicyclic) bond motifs is 1. The molecule has 3 nitrogen and oxygen atoms in total. The van der Waals surface area contributed by atoms with Crippen molar-refractivity contribution in [2.24, 2.45) is 0 Å². The number of carbonyl (C=O) groups excluding carboxylic acids is 1. The summed E-state index contributed by atoms with van der Waals surface area (Å²) < 4.78 is 39.7. The summed E-state index contributed by atoms with van der Waals surface area (Å²) in [5, 5.41) is 5.33. The Labute approximate surface area is 118 Å². The highest BCUT2D eigenvalue weighted by Gasteiger charge is 2.17. The van der Waals surface area contributed by atoms with Gasteiger partial charge in [0.25, 0.3) is 5.91 Å². The summed E-state index contributed by atoms with van der Waals surface area (Å²) in [7, 11) is 0. The highest BCUT2D eigenvalue weighted by molar-refractivity contribution is 6.04. The molecule has 2 N–H and O–H groups in total. The minimum Gasteiger partial charge on any atom is -0.384 e. The van der Waals surface area contributed by atoms with Crippen LogP contribution in [-0.4, -0.2) is 12.5 Å². The van der Waals surface area contributed by atoms with Crippen LogP contribution in [-0.2, 0) is 6.42 Å². The molecule has 0 aliphatic carbocycles. The van der Waals surface area contributed by atoms with Gasteiger partial charge in [0.15, 0.2) is 11.6 Å². The van der Waals surface area contributed by atoms with Crippen molar-refractivity contribution in [3.8, 4) is 0 Å². The number of carbonyl (C=O) groups is 1. The van der Waals surface area contributed by atoms with Crippen molar-refractivity contribution in [3.05, 3.63) is 58.9 Å². The first-order chi connectivity index (χ1) is 10.0. The van der Waals surface area contributed by atoms with E-state index >= 15 is 0 Å². The molecule has 1 aliphatic heterocycles. The van der Waals surface area contributed by atoms with E-state index in [1.165, 1.54) is 0 Å². The monoisotopic (exact) mass is 292 g/mol. The maximum Gasteiger partial charge on any atom is 0.255 e. The zero-order valence-electron chi connectivity index (χ0n) is 10.8. The Hall–Kier alpha value is -2.50. The van der Waals surface area contributed by atoms with Gasteiger partial charge in [0.05, 0.1) is 5.69 Å². The van der Waals surface area contributed by atoms with Gasteiger partial charge in [0.1, 0.15) is 5.82 Å². The van der Waals surface area contributed by atoms with E-state index in [0.29, 0.717) is 11.6 Å². The molecule has 0 radical (unpaired) electrons. The highest BCUT2D eigenvalue weighted by atomic mass is 19.2. The third kappa shape index (κ3) is 2.56. The van der Waals surface area contributed by atoms with E-state index in [0.717, 1.165) is 30.3 Å². The van der Waals surface area contributed by atoms with E-state index in [-0.39, 0.29) is 0 Å². The van der Waals surface area contributed by atoms with Gasteiger partial charge in [-0.05, 0) is 30.2 Å². The average molecular weight is 292 g/mol. The normalized spacial score (nSPS) is 12.7. The Morgan fingerprint density at radius 2 is 1.95 bits per heavy atom. The Balaban J connectivity index is 1.87. The first-order valence-electron chi connectivity index (χ1n) is 6.37. The summed E-state index contributed by atoms with van der Waals surface area (Å²) in [5.74, 6) is -4.20. The number of anilines is 2. The summed E-state index contributed by atoms with van der Waals surface area (Å²) in [6.45, 7) is 0.796. The fourth-order valence-electron chi connectivity index (χ4n) is 2.29. The molecule has 0 atom stereocenters. The summed E-state index contributed by atoms with van der Waals surface area (Å²) in [4.78, 5) is 12.0. The lowest BCUT2D eigenvalue weighted by Crippen LogP contribution is -2.14. The van der Waals surface area contributed by atoms with Crippen LogP contribution < -0.4 is 10.6 Å². The summed E-state index contributed by atoms with van der Waals surface area (Å²) in [5.41, 5.74) is 1.72. The van der Waals surface area contributed by atoms with Crippen LogP contribution in [0.1, 0.15) is 15.9 Å². The molecule has 0 saturated heterocycles. The van der Waals surface area contributed by atoms with Crippen LogP contribution in [0.3, 0.4) is 0 Å². The van der Waals surface area contributed by atoms with Crippen molar-refractivity contribution in [1.29, 1.82) is 0 Å². The van der Waals surface area contributed by atoms with Crippen LogP contribution >= 0.6 is 0 Å². The average Bonchev–Trinajstić information content (AvgIpc) is 2.91. The van der Waals surface area contributed by atoms with E-state index in [9.17, 15) is 18.0 Å². The topological polar surface area (TPSA) is 41.1 Å². The van der Waals surface area contributed by atoms with Crippen LogP contribution in [0.4, 0.5) is 24.5 Å². The smallest absolute Gasteiger partial charge is 0.255 e. The second-order valence-electron chi connectivity index (χ2n) is 4.75. The van der Waals surface area contributed by atoms with E-state index in [1.807, 2.05) is 0 Å². The van der Waals surface area contributed by atoms with Gasteiger partial charge in [0, 0.05) is 29.9 Å². The molecule has 108 valence electrons. The Bertz CT molecular complexity index is 731. The molecule has 1 heterocycles. The van der Waals surface area contributed by atoms with Crippen molar-refractivity contribution in [1.82, 2.24) is 0 Å². The summed E-state index contributed by atoms with van der Waals surface area (Å²) >= 11 is 0. The van der Waals surface area contributed by atoms with Crippen LogP contribution in [0.5, 0.6) is 0 Å². The maximum absolute atomic E-state index is 13.5. The SMILES string of the molecule is O=C(Nc1cc(F)cc(F)c1F)c1ccc2c(c1)CCN2. The molecule has 0 saturated carbocycles. The predicted molar refractivity (Wildman–Crippen MR) is 72.9 cm³/mol. The van der Waals surface area contributed by atoms with Crippen molar-refractivity contribution in [3.63, 3.8) is 0 Å². The van der Waals surface area contributed by atoms with Gasteiger partial charge >= 0.3 is 0 Å². The third-order valence-corrected chi connectivity index (χ3v) is 3.32. The van der Waals surface area contributed by atoms with Gasteiger partial charge in [-0.25, -0.2) is 13.2 Å². The molecule has 0 fully saturated rings. The minimum absolute atomic E-state index is 0.307. The maximum atomic E-state index is 13.5. The zero-order chi connectivity index (χ0) is 15.0. The third-order valence-electron chi connectivity index (χ3n) is 3.32. The second-order valence-corrected chi connectivity index (χ2v) is 4.75. The van der Waals surface area contributed by atoms with E-state index < -0.39 is 29.0 Å². The van der Waals surface area contributed by atoms with Crippen molar-refractivity contribution in [2.75, 3.05) is 17.2 Å². The number of hydrogen-bond acceptors (Lipinski definition) is 2. The van der Waals surface area contributed by atoms with Crippen LogP contribution in [0.15, 0.2) is 30.3 Å². The molecular formula is C15H11F3N2O. The van der Waals surface area contributed by atoms with Crippen molar-refractivity contribution >= 4 is 17.3 Å². The molecule has 0 spiro atoms. The largest absolute Gasteiger partial charge is 0.384 e. The molecule has 21 heavy (non-hydrogen) atoms. The first-order valence-corrected chi connectivity index (χ1v) is 6.37. The number of hydrogen-bond donors (Lipinski definition) is 2. The molecular weight excluding hydrogens is 281 g/mol. The lowest BCUT2D eigenvalue weighted by molar-refractivity contribution is 0.102. The Morgan fingerprint density at radius 3 is 2.76 bits per heavy atom. The second kappa shape index (κ2) is 5.12. The number of nitrogens with one attached hydrogen (secondary N) is 2. The molecule has 3 rings (SSSR count). The standard InChI is InChI=1S/C15H11F3N2O/c16-10-6-11(17)14(18)13(7-10)20-15(21)9-1-2-12-8(5-9)3-4-19-12/h1-2,5-7,19H,3-4H2,(H,20,21). The van der Waals surface area contributed by atoms with Gasteiger partial charge in [-0.2, -0.15) is 0 Å². The first kappa shape index (κ1) is 13.5. The molecule has 6 heteroatoms. The van der Waals surface area contributed by atoms with Gasteiger partial charge in [-0.3, -0.25) is 4.79 Å². The summed E-state index contributed by atoms with van der Waals surface area (Å²) in [6, 6.07) is 6.16. The van der Waals surface area contributed by atoms with Gasteiger partial charge in [-0.15, -0.1) is 0 Å². The molecule has 2 aromatic rings. The molecule has 1 aliphatic rings. The highest BCUT2D eigenvalue weighted by Crippen LogP contribution is 2.24. The minimum atomic E-state index is -1.34. The van der Waals surface area contributed by atoms with Crippen molar-refractivity contribution in [2.45, 2.75) is 6.42 Å². The predicted octanol–water partition coefficient (Wildman–Crippen LogP) is 3.32. The number of rotatable bonds is 2.